The van der Waals surface area contributed by atoms with E-state index in [9.17, 15) is 14.5 Å². The molecule has 6 nitrogen and oxygen atoms in total. The number of nitro benzene ring substituents is 1. The predicted octanol–water partition coefficient (Wildman–Crippen LogP) is 3.63. The summed E-state index contributed by atoms with van der Waals surface area (Å²) >= 11 is 5.82. The first kappa shape index (κ1) is 14.6. The molecule has 21 heavy (non-hydrogen) atoms. The van der Waals surface area contributed by atoms with Crippen LogP contribution in [0.25, 0.3) is 0 Å². The highest BCUT2D eigenvalue weighted by Crippen LogP contribution is 2.35. The van der Waals surface area contributed by atoms with Crippen LogP contribution in [0.1, 0.15) is 5.56 Å². The van der Waals surface area contributed by atoms with Crippen LogP contribution in [0.3, 0.4) is 0 Å². The second-order valence-corrected chi connectivity index (χ2v) is 4.36. The van der Waals surface area contributed by atoms with Gasteiger partial charge in [-0.2, -0.15) is 5.26 Å². The Hall–Kier alpha value is -2.85. The molecule has 106 valence electrons. The van der Waals surface area contributed by atoms with Crippen LogP contribution >= 0.6 is 11.6 Å². The molecule has 0 aliphatic carbocycles. The van der Waals surface area contributed by atoms with Gasteiger partial charge in [0, 0.05) is 18.2 Å². The van der Waals surface area contributed by atoms with E-state index in [1.807, 2.05) is 0 Å². The molecule has 0 fully saturated rings. The number of nitrogens with two attached hydrogens (primary N) is 1. The number of ether oxygens (including phenoxy) is 1. The number of nitriles is 1. The molecule has 0 atom stereocenters. The van der Waals surface area contributed by atoms with E-state index in [0.717, 1.165) is 12.1 Å². The topological polar surface area (TPSA) is 102 Å². The van der Waals surface area contributed by atoms with E-state index < -0.39 is 10.7 Å². The minimum absolute atomic E-state index is 0.0380. The Morgan fingerprint density at radius 1 is 1.33 bits per heavy atom. The van der Waals surface area contributed by atoms with Crippen LogP contribution in [0.5, 0.6) is 11.5 Å². The normalized spacial score (nSPS) is 9.95. The van der Waals surface area contributed by atoms with Gasteiger partial charge < -0.3 is 10.5 Å². The highest BCUT2D eigenvalue weighted by atomic mass is 35.5. The molecule has 0 saturated carbocycles. The van der Waals surface area contributed by atoms with E-state index in [1.54, 1.807) is 6.07 Å². The summed E-state index contributed by atoms with van der Waals surface area (Å²) < 4.78 is 18.6. The summed E-state index contributed by atoms with van der Waals surface area (Å²) in [5.74, 6) is -0.603. The van der Waals surface area contributed by atoms with E-state index in [2.05, 4.69) is 0 Å². The van der Waals surface area contributed by atoms with Crippen molar-refractivity contribution < 1.29 is 14.1 Å². The highest BCUT2D eigenvalue weighted by Gasteiger charge is 2.14. The van der Waals surface area contributed by atoms with Gasteiger partial charge in [-0.15, -0.1) is 0 Å². The first-order valence-electron chi connectivity index (χ1n) is 5.53. The van der Waals surface area contributed by atoms with E-state index in [1.165, 1.54) is 18.2 Å². The van der Waals surface area contributed by atoms with Crippen molar-refractivity contribution in [3.63, 3.8) is 0 Å². The molecule has 2 N–H and O–H groups in total. The van der Waals surface area contributed by atoms with Gasteiger partial charge in [0.1, 0.15) is 28.9 Å². The zero-order valence-corrected chi connectivity index (χ0v) is 11.1. The van der Waals surface area contributed by atoms with Gasteiger partial charge in [-0.25, -0.2) is 4.39 Å². The Bertz CT molecular complexity index is 774. The monoisotopic (exact) mass is 307 g/mol. The zero-order chi connectivity index (χ0) is 15.6. The van der Waals surface area contributed by atoms with Gasteiger partial charge in [0.15, 0.2) is 0 Å². The average Bonchev–Trinajstić information content (AvgIpc) is 2.44. The molecule has 0 saturated heterocycles. The summed E-state index contributed by atoms with van der Waals surface area (Å²) in [5.41, 5.74) is 4.94. The van der Waals surface area contributed by atoms with E-state index in [4.69, 9.17) is 27.3 Å². The Labute approximate surface area is 123 Å². The molecule has 0 heterocycles. The summed E-state index contributed by atoms with van der Waals surface area (Å²) in [4.78, 5) is 10.0. The Balaban J connectivity index is 2.43. The summed E-state index contributed by atoms with van der Waals surface area (Å²) in [6.45, 7) is 0. The van der Waals surface area contributed by atoms with Crippen molar-refractivity contribution in [1.82, 2.24) is 0 Å². The molecule has 0 aliphatic rings. The van der Waals surface area contributed by atoms with Gasteiger partial charge in [-0.3, -0.25) is 10.1 Å². The number of nitrogen functional groups attached to an aromatic ring is 1. The smallest absolute Gasteiger partial charge is 0.271 e. The molecule has 8 heteroatoms. The SMILES string of the molecule is N#Cc1cc([N+](=O)[O-])ccc1Oc1cc(N)c(F)cc1Cl. The van der Waals surface area contributed by atoms with Crippen molar-refractivity contribution in [3.05, 3.63) is 56.8 Å². The molecule has 0 unspecified atom stereocenters. The maximum Gasteiger partial charge on any atom is 0.271 e. The summed E-state index contributed by atoms with van der Waals surface area (Å²) in [6.07, 6.45) is 0. The van der Waals surface area contributed by atoms with Gasteiger partial charge >= 0.3 is 0 Å². The van der Waals surface area contributed by atoms with Crippen LogP contribution < -0.4 is 10.5 Å². The largest absolute Gasteiger partial charge is 0.454 e. The molecule has 0 radical (unpaired) electrons. The quantitative estimate of drug-likeness (QED) is 0.530. The van der Waals surface area contributed by atoms with Crippen molar-refractivity contribution >= 4 is 23.0 Å². The lowest BCUT2D eigenvalue weighted by atomic mass is 10.2. The van der Waals surface area contributed by atoms with E-state index in [0.29, 0.717) is 0 Å². The third-order valence-corrected chi connectivity index (χ3v) is 2.86. The first-order valence-corrected chi connectivity index (χ1v) is 5.91. The van der Waals surface area contributed by atoms with Gasteiger partial charge in [-0.05, 0) is 12.1 Å². The first-order chi connectivity index (χ1) is 9.92. The summed E-state index contributed by atoms with van der Waals surface area (Å²) in [7, 11) is 0. The number of non-ortho nitro benzene ring substituents is 1. The van der Waals surface area contributed by atoms with Crippen molar-refractivity contribution in [2.24, 2.45) is 0 Å². The van der Waals surface area contributed by atoms with Crippen molar-refractivity contribution in [2.45, 2.75) is 0 Å². The fourth-order valence-electron chi connectivity index (χ4n) is 1.55. The summed E-state index contributed by atoms with van der Waals surface area (Å²) in [5, 5.41) is 19.6. The molecule has 2 rings (SSSR count). The average molecular weight is 308 g/mol. The third kappa shape index (κ3) is 3.01. The molecule has 0 amide bonds. The van der Waals surface area contributed by atoms with Crippen molar-refractivity contribution in [2.75, 3.05) is 5.73 Å². The highest BCUT2D eigenvalue weighted by molar-refractivity contribution is 6.32. The van der Waals surface area contributed by atoms with Crippen molar-refractivity contribution in [3.8, 4) is 17.6 Å². The van der Waals surface area contributed by atoms with Crippen LogP contribution in [0.15, 0.2) is 30.3 Å². The fraction of sp³-hybridized carbons (Fsp3) is 0. The van der Waals surface area contributed by atoms with Crippen LogP contribution in [0.2, 0.25) is 5.02 Å². The number of hydrogen-bond donors (Lipinski definition) is 1. The predicted molar refractivity (Wildman–Crippen MR) is 73.7 cm³/mol. The molecule has 2 aromatic carbocycles. The molecule has 0 spiro atoms. The maximum absolute atomic E-state index is 13.2. The lowest BCUT2D eigenvalue weighted by Crippen LogP contribution is -1.95. The molecule has 0 aromatic heterocycles. The minimum Gasteiger partial charge on any atom is -0.454 e. The lowest BCUT2D eigenvalue weighted by Gasteiger charge is -2.10. The Morgan fingerprint density at radius 2 is 2.05 bits per heavy atom. The Kier molecular flexibility index (Phi) is 3.91. The van der Waals surface area contributed by atoms with Gasteiger partial charge in [0.05, 0.1) is 15.6 Å². The van der Waals surface area contributed by atoms with E-state index in [-0.39, 0.29) is 33.5 Å². The van der Waals surface area contributed by atoms with Gasteiger partial charge in [-0.1, -0.05) is 11.6 Å². The number of rotatable bonds is 3. The van der Waals surface area contributed by atoms with E-state index >= 15 is 0 Å². The second kappa shape index (κ2) is 5.64. The zero-order valence-electron chi connectivity index (χ0n) is 10.3. The minimum atomic E-state index is -0.698. The molecule has 2 aromatic rings. The number of hydrogen-bond acceptors (Lipinski definition) is 5. The van der Waals surface area contributed by atoms with Crippen LogP contribution in [-0.4, -0.2) is 4.92 Å². The standard InChI is InChI=1S/C13H7ClFN3O3/c14-9-4-10(15)11(17)5-13(9)21-12-2-1-8(18(19)20)3-7(12)6-16/h1-5H,17H2. The lowest BCUT2D eigenvalue weighted by molar-refractivity contribution is -0.384. The number of benzene rings is 2. The molecule has 0 aliphatic heterocycles. The molecular formula is C13H7ClFN3O3. The van der Waals surface area contributed by atoms with Crippen LogP contribution in [0, 0.1) is 27.3 Å². The number of nitro groups is 1. The molecule has 0 bridgehead atoms. The number of nitrogens with zero attached hydrogens (tertiary/aromatic N) is 2. The number of anilines is 1. The maximum atomic E-state index is 13.2. The summed E-state index contributed by atoms with van der Waals surface area (Å²) in [6, 6.07) is 7.42. The second-order valence-electron chi connectivity index (χ2n) is 3.96. The molecular weight excluding hydrogens is 301 g/mol. The van der Waals surface area contributed by atoms with Gasteiger partial charge in [0.2, 0.25) is 0 Å². The van der Waals surface area contributed by atoms with Crippen molar-refractivity contribution in [1.29, 1.82) is 5.26 Å². The fourth-order valence-corrected chi connectivity index (χ4v) is 1.74. The van der Waals surface area contributed by atoms with Gasteiger partial charge in [0.25, 0.3) is 5.69 Å². The Morgan fingerprint density at radius 3 is 2.67 bits per heavy atom. The number of halogens is 2. The third-order valence-electron chi connectivity index (χ3n) is 2.57. The van der Waals surface area contributed by atoms with Crippen LogP contribution in [-0.2, 0) is 0 Å². The van der Waals surface area contributed by atoms with Crippen LogP contribution in [0.4, 0.5) is 15.8 Å².